The molecule has 0 N–H and O–H groups in total. The van der Waals surface area contributed by atoms with Crippen LogP contribution in [0.15, 0.2) is 182 Å². The lowest BCUT2D eigenvalue weighted by Gasteiger charge is -2.36. The molecule has 2 aromatic heterocycles. The Kier molecular flexibility index (Phi) is 7.03. The number of nitrogens with zero attached hydrogens (tertiary/aromatic N) is 4. The van der Waals surface area contributed by atoms with Crippen LogP contribution in [0.25, 0.3) is 32.6 Å². The number of hydrogen-bond donors (Lipinski definition) is 0. The predicted molar refractivity (Wildman–Crippen MR) is 211 cm³/mol. The quantitative estimate of drug-likeness (QED) is 0.164. The van der Waals surface area contributed by atoms with Gasteiger partial charge in [0.2, 0.25) is 0 Å². The second kappa shape index (κ2) is 12.3. The van der Waals surface area contributed by atoms with Gasteiger partial charge in [-0.15, -0.1) is 0 Å². The first-order valence-electron chi connectivity index (χ1n) is 17.2. The van der Waals surface area contributed by atoms with E-state index in [4.69, 9.17) is 19.4 Å². The highest BCUT2D eigenvalue weighted by atomic mass is 16.6. The van der Waals surface area contributed by atoms with Gasteiger partial charge in [-0.25, -0.2) is 0 Å². The molecule has 0 aliphatic carbocycles. The van der Waals surface area contributed by atoms with Gasteiger partial charge in [-0.3, -0.25) is 9.97 Å². The van der Waals surface area contributed by atoms with Crippen molar-refractivity contribution in [3.63, 3.8) is 0 Å². The fourth-order valence-corrected chi connectivity index (χ4v) is 7.31. The standard InChI is InChI=1S/C46H30N4O2/c1-3-15-31(16-4-1)49(39-27-29-47-37-23-11-9-21-35(37)39)43-33-19-7-8-20-34(33)44(46-45(43)51-41-25-13-14-26-42(41)52-46)50(32-17-5-2-6-18-32)40-28-30-48-38-24-12-10-22-36(38)40/h1-30H. The van der Waals surface area contributed by atoms with Crippen LogP contribution in [-0.4, -0.2) is 9.97 Å². The molecule has 0 radical (unpaired) electrons. The van der Waals surface area contributed by atoms with Gasteiger partial charge >= 0.3 is 0 Å². The van der Waals surface area contributed by atoms with Crippen molar-refractivity contribution in [2.75, 3.05) is 9.80 Å². The molecule has 0 saturated heterocycles. The van der Waals surface area contributed by atoms with Crippen molar-refractivity contribution in [3.8, 4) is 23.0 Å². The molecule has 1 aliphatic rings. The number of ether oxygens (including phenoxy) is 2. The minimum absolute atomic E-state index is 0.608. The second-order valence-corrected chi connectivity index (χ2v) is 12.6. The van der Waals surface area contributed by atoms with E-state index >= 15 is 0 Å². The van der Waals surface area contributed by atoms with Crippen molar-refractivity contribution in [1.82, 2.24) is 9.97 Å². The van der Waals surface area contributed by atoms with Crippen molar-refractivity contribution in [3.05, 3.63) is 182 Å². The summed E-state index contributed by atoms with van der Waals surface area (Å²) in [5.74, 6) is 2.50. The van der Waals surface area contributed by atoms with E-state index in [2.05, 4.69) is 119 Å². The summed E-state index contributed by atoms with van der Waals surface area (Å²) in [6.07, 6.45) is 3.74. The van der Waals surface area contributed by atoms with Gasteiger partial charge in [-0.2, -0.15) is 0 Å². The smallest absolute Gasteiger partial charge is 0.196 e. The Labute approximate surface area is 300 Å². The first kappa shape index (κ1) is 29.7. The van der Waals surface area contributed by atoms with Gasteiger partial charge in [0, 0.05) is 45.3 Å². The van der Waals surface area contributed by atoms with E-state index in [1.54, 1.807) is 0 Å². The number of rotatable bonds is 6. The Hall–Kier alpha value is -7.18. The highest BCUT2D eigenvalue weighted by Gasteiger charge is 2.35. The maximum atomic E-state index is 7.08. The molecule has 6 nitrogen and oxygen atoms in total. The van der Waals surface area contributed by atoms with Gasteiger partial charge in [0.05, 0.1) is 22.4 Å². The summed E-state index contributed by atoms with van der Waals surface area (Å²) in [5.41, 5.74) is 7.41. The molecule has 7 aromatic carbocycles. The molecule has 0 spiro atoms. The Balaban J connectivity index is 1.36. The average molecular weight is 671 g/mol. The molecule has 3 heterocycles. The van der Waals surface area contributed by atoms with Crippen LogP contribution >= 0.6 is 0 Å². The third kappa shape index (κ3) is 4.81. The number of para-hydroxylation sites is 6. The zero-order valence-corrected chi connectivity index (χ0v) is 27.9. The summed E-state index contributed by atoms with van der Waals surface area (Å²) in [7, 11) is 0. The van der Waals surface area contributed by atoms with Crippen molar-refractivity contribution in [2.45, 2.75) is 0 Å². The van der Waals surface area contributed by atoms with E-state index in [0.717, 1.165) is 66.7 Å². The summed E-state index contributed by atoms with van der Waals surface area (Å²) in [5, 5.41) is 4.01. The molecule has 1 aliphatic heterocycles. The molecule has 0 fully saturated rings. The summed E-state index contributed by atoms with van der Waals surface area (Å²) in [4.78, 5) is 14.0. The minimum atomic E-state index is 0.608. The van der Waals surface area contributed by atoms with E-state index in [9.17, 15) is 0 Å². The molecule has 0 bridgehead atoms. The van der Waals surface area contributed by atoms with E-state index in [1.165, 1.54) is 0 Å². The van der Waals surface area contributed by atoms with Crippen LogP contribution in [0.5, 0.6) is 23.0 Å². The van der Waals surface area contributed by atoms with E-state index in [-0.39, 0.29) is 0 Å². The van der Waals surface area contributed by atoms with Gasteiger partial charge in [0.25, 0.3) is 0 Å². The molecular weight excluding hydrogens is 641 g/mol. The SMILES string of the molecule is c1ccc(N(c2ccnc3ccccc23)c2c3c(c(N(c4ccccc4)c4ccnc5ccccc45)c4ccccc24)Oc2ccccc2O3)cc1. The third-order valence-corrected chi connectivity index (χ3v) is 9.56. The minimum Gasteiger partial charge on any atom is -0.447 e. The molecule has 0 atom stereocenters. The molecule has 0 saturated carbocycles. The number of fused-ring (bicyclic) bond motifs is 5. The number of benzene rings is 7. The van der Waals surface area contributed by atoms with Gasteiger partial charge in [-0.05, 0) is 60.7 Å². The summed E-state index contributed by atoms with van der Waals surface area (Å²) in [6.45, 7) is 0. The van der Waals surface area contributed by atoms with Crippen molar-refractivity contribution >= 4 is 66.7 Å². The van der Waals surface area contributed by atoms with Crippen LogP contribution < -0.4 is 19.3 Å². The highest BCUT2D eigenvalue weighted by Crippen LogP contribution is 2.62. The number of anilines is 6. The Morgan fingerprint density at radius 1 is 0.346 bits per heavy atom. The van der Waals surface area contributed by atoms with Crippen LogP contribution in [0.2, 0.25) is 0 Å². The lowest BCUT2D eigenvalue weighted by Crippen LogP contribution is -2.17. The maximum Gasteiger partial charge on any atom is 0.196 e. The van der Waals surface area contributed by atoms with Gasteiger partial charge in [-0.1, -0.05) is 109 Å². The topological polar surface area (TPSA) is 50.7 Å². The summed E-state index contributed by atoms with van der Waals surface area (Å²) in [6, 6.07) is 57.8. The zero-order chi connectivity index (χ0) is 34.4. The van der Waals surface area contributed by atoms with Crippen molar-refractivity contribution in [1.29, 1.82) is 0 Å². The Bertz CT molecular complexity index is 2570. The van der Waals surface area contributed by atoms with E-state index in [1.807, 2.05) is 73.1 Å². The zero-order valence-electron chi connectivity index (χ0n) is 27.9. The highest BCUT2D eigenvalue weighted by molar-refractivity contribution is 6.15. The molecule has 0 unspecified atom stereocenters. The molecular formula is C46H30N4O2. The third-order valence-electron chi connectivity index (χ3n) is 9.56. The number of pyridine rings is 2. The van der Waals surface area contributed by atoms with Crippen molar-refractivity contribution in [2.24, 2.45) is 0 Å². The number of aromatic nitrogens is 2. The fourth-order valence-electron chi connectivity index (χ4n) is 7.31. The second-order valence-electron chi connectivity index (χ2n) is 12.6. The molecule has 52 heavy (non-hydrogen) atoms. The van der Waals surface area contributed by atoms with Crippen LogP contribution in [0.3, 0.4) is 0 Å². The average Bonchev–Trinajstić information content (AvgIpc) is 3.22. The van der Waals surface area contributed by atoms with Crippen LogP contribution in [0, 0.1) is 0 Å². The molecule has 9 aromatic rings. The molecule has 6 heteroatoms. The predicted octanol–water partition coefficient (Wildman–Crippen LogP) is 12.8. The van der Waals surface area contributed by atoms with E-state index < -0.39 is 0 Å². The first-order chi connectivity index (χ1) is 25.8. The van der Waals surface area contributed by atoms with Crippen LogP contribution in [0.1, 0.15) is 0 Å². The van der Waals surface area contributed by atoms with Crippen molar-refractivity contribution < 1.29 is 9.47 Å². The molecule has 10 rings (SSSR count). The van der Waals surface area contributed by atoms with Crippen LogP contribution in [-0.2, 0) is 0 Å². The van der Waals surface area contributed by atoms with Crippen LogP contribution in [0.4, 0.5) is 34.1 Å². The number of hydrogen-bond acceptors (Lipinski definition) is 6. The fraction of sp³-hybridized carbons (Fsp3) is 0. The molecule has 246 valence electrons. The maximum absolute atomic E-state index is 7.08. The monoisotopic (exact) mass is 670 g/mol. The Morgan fingerprint density at radius 3 is 1.15 bits per heavy atom. The lowest BCUT2D eigenvalue weighted by molar-refractivity contribution is 0.362. The van der Waals surface area contributed by atoms with Gasteiger partial charge in [0.1, 0.15) is 11.4 Å². The summed E-state index contributed by atoms with van der Waals surface area (Å²) >= 11 is 0. The Morgan fingerprint density at radius 2 is 0.712 bits per heavy atom. The molecule has 0 amide bonds. The first-order valence-corrected chi connectivity index (χ1v) is 17.2. The van der Waals surface area contributed by atoms with Gasteiger partial charge < -0.3 is 19.3 Å². The largest absolute Gasteiger partial charge is 0.447 e. The lowest BCUT2D eigenvalue weighted by atomic mass is 9.99. The van der Waals surface area contributed by atoms with E-state index in [0.29, 0.717) is 23.0 Å². The summed E-state index contributed by atoms with van der Waals surface area (Å²) < 4.78 is 14.2. The normalized spacial score (nSPS) is 11.8. The van der Waals surface area contributed by atoms with Gasteiger partial charge in [0.15, 0.2) is 23.0 Å².